The molecule has 0 aliphatic rings. The molecule has 1 aromatic heterocycles. The van der Waals surface area contributed by atoms with Crippen molar-refractivity contribution >= 4 is 41.1 Å². The summed E-state index contributed by atoms with van der Waals surface area (Å²) in [6.45, 7) is 0.0516. The van der Waals surface area contributed by atoms with Crippen molar-refractivity contribution in [2.24, 2.45) is 0 Å². The molecule has 0 unspecified atom stereocenters. The molecular weight excluding hydrogens is 488 g/mol. The third kappa shape index (κ3) is 6.84. The van der Waals surface area contributed by atoms with Crippen molar-refractivity contribution in [2.75, 3.05) is 11.9 Å². The lowest BCUT2D eigenvalue weighted by atomic mass is 10.1. The largest absolute Gasteiger partial charge is 0.550 e. The Morgan fingerprint density at radius 1 is 0.943 bits per heavy atom. The molecule has 182 valence electrons. The number of aromatic nitrogens is 2. The minimum absolute atomic E-state index is 0.0144. The number of hydrogen-bond acceptors (Lipinski definition) is 6. The van der Waals surface area contributed by atoms with Crippen LogP contribution in [-0.4, -0.2) is 40.4 Å². The molecule has 0 fully saturated rings. The van der Waals surface area contributed by atoms with Gasteiger partial charge < -0.3 is 25.9 Å². The summed E-state index contributed by atoms with van der Waals surface area (Å²) >= 11 is 5.77. The standard InChI is InChI=1S/C22H18ClF2N5O5/c23-14-8-16(25)15(24)7-13(14)21(34)28-18-9-17(29-30-18)22(35)27-10-11-1-3-12(4-2-11)20(33)26-6-5-19(31)32/h1-4,7-9H,5-6,10H2,(H,26,33)(H,27,35)(H,31,32)(H2,28,29,30,34)/p-1. The fourth-order valence-corrected chi connectivity index (χ4v) is 3.05. The number of H-pyrrole nitrogens is 1. The highest BCUT2D eigenvalue weighted by Gasteiger charge is 2.17. The number of carbonyl (C=O) groups is 4. The van der Waals surface area contributed by atoms with Crippen LogP contribution in [0.3, 0.4) is 0 Å². The highest BCUT2D eigenvalue weighted by Crippen LogP contribution is 2.21. The second-order valence-electron chi connectivity index (χ2n) is 7.12. The summed E-state index contributed by atoms with van der Waals surface area (Å²) in [6.07, 6.45) is -0.298. The van der Waals surface area contributed by atoms with E-state index in [0.29, 0.717) is 23.3 Å². The number of nitrogens with one attached hydrogen (secondary N) is 4. The number of nitrogens with zero attached hydrogens (tertiary/aromatic N) is 1. The Balaban J connectivity index is 1.53. The van der Waals surface area contributed by atoms with E-state index in [1.807, 2.05) is 0 Å². The second-order valence-corrected chi connectivity index (χ2v) is 7.53. The van der Waals surface area contributed by atoms with Gasteiger partial charge in [0.15, 0.2) is 17.5 Å². The van der Waals surface area contributed by atoms with Crippen molar-refractivity contribution in [3.63, 3.8) is 0 Å². The summed E-state index contributed by atoms with van der Waals surface area (Å²) in [5, 5.41) is 23.7. The van der Waals surface area contributed by atoms with Gasteiger partial charge in [-0.2, -0.15) is 5.10 Å². The maximum absolute atomic E-state index is 13.4. The predicted molar refractivity (Wildman–Crippen MR) is 117 cm³/mol. The van der Waals surface area contributed by atoms with E-state index in [1.54, 1.807) is 12.1 Å². The van der Waals surface area contributed by atoms with Crippen molar-refractivity contribution in [3.8, 4) is 0 Å². The van der Waals surface area contributed by atoms with E-state index >= 15 is 0 Å². The van der Waals surface area contributed by atoms with Crippen LogP contribution in [0.15, 0.2) is 42.5 Å². The molecule has 0 bridgehead atoms. The Morgan fingerprint density at radius 2 is 1.63 bits per heavy atom. The fraction of sp³-hybridized carbons (Fsp3) is 0.136. The van der Waals surface area contributed by atoms with Crippen molar-refractivity contribution in [3.05, 3.63) is 81.5 Å². The number of carboxylic acids is 1. The highest BCUT2D eigenvalue weighted by atomic mass is 35.5. The molecule has 35 heavy (non-hydrogen) atoms. The first-order valence-corrected chi connectivity index (χ1v) is 10.4. The van der Waals surface area contributed by atoms with E-state index < -0.39 is 35.3 Å². The van der Waals surface area contributed by atoms with Crippen LogP contribution in [0.25, 0.3) is 0 Å². The molecule has 0 spiro atoms. The van der Waals surface area contributed by atoms with Gasteiger partial charge in [-0.15, -0.1) is 0 Å². The summed E-state index contributed by atoms with van der Waals surface area (Å²) in [6, 6.07) is 8.81. The minimum Gasteiger partial charge on any atom is -0.550 e. The lowest BCUT2D eigenvalue weighted by Gasteiger charge is -2.07. The topological polar surface area (TPSA) is 156 Å². The van der Waals surface area contributed by atoms with Crippen LogP contribution in [-0.2, 0) is 11.3 Å². The van der Waals surface area contributed by atoms with E-state index in [9.17, 15) is 33.1 Å². The van der Waals surface area contributed by atoms with Crippen LogP contribution < -0.4 is 21.1 Å². The number of halogens is 3. The molecule has 3 aromatic rings. The van der Waals surface area contributed by atoms with Gasteiger partial charge in [0.05, 0.1) is 10.6 Å². The minimum atomic E-state index is -1.27. The van der Waals surface area contributed by atoms with Crippen molar-refractivity contribution in [2.45, 2.75) is 13.0 Å². The SMILES string of the molecule is O=C([O-])CCNC(=O)c1ccc(CNC(=O)c2cc(NC(=O)c3cc(F)c(F)cc3Cl)n[nH]2)cc1. The van der Waals surface area contributed by atoms with Crippen molar-refractivity contribution in [1.82, 2.24) is 20.8 Å². The molecule has 0 atom stereocenters. The number of carbonyl (C=O) groups excluding carboxylic acids is 4. The predicted octanol–water partition coefficient (Wildman–Crippen LogP) is 1.39. The van der Waals surface area contributed by atoms with E-state index in [2.05, 4.69) is 26.1 Å². The lowest BCUT2D eigenvalue weighted by Crippen LogP contribution is -2.31. The average molecular weight is 505 g/mol. The van der Waals surface area contributed by atoms with Crippen LogP contribution in [0.2, 0.25) is 5.02 Å². The first kappa shape index (κ1) is 25.3. The van der Waals surface area contributed by atoms with E-state index in [0.717, 1.165) is 0 Å². The van der Waals surface area contributed by atoms with Crippen LogP contribution in [0.1, 0.15) is 43.2 Å². The van der Waals surface area contributed by atoms with Gasteiger partial charge in [-0.05, 0) is 29.8 Å². The summed E-state index contributed by atoms with van der Waals surface area (Å²) in [5.74, 6) is -5.60. The van der Waals surface area contributed by atoms with Crippen molar-refractivity contribution < 1.29 is 33.1 Å². The van der Waals surface area contributed by atoms with Crippen LogP contribution >= 0.6 is 11.6 Å². The van der Waals surface area contributed by atoms with Gasteiger partial charge in [-0.25, -0.2) is 8.78 Å². The Hall–Kier alpha value is -4.32. The zero-order valence-corrected chi connectivity index (χ0v) is 18.5. The molecule has 0 radical (unpaired) electrons. The molecule has 3 rings (SSSR count). The number of aromatic amines is 1. The zero-order valence-electron chi connectivity index (χ0n) is 17.8. The van der Waals surface area contributed by atoms with Crippen LogP contribution in [0.5, 0.6) is 0 Å². The smallest absolute Gasteiger partial charge is 0.269 e. The van der Waals surface area contributed by atoms with Crippen LogP contribution in [0.4, 0.5) is 14.6 Å². The molecule has 0 aliphatic heterocycles. The third-order valence-electron chi connectivity index (χ3n) is 4.60. The number of rotatable bonds is 9. The van der Waals surface area contributed by atoms with Crippen molar-refractivity contribution in [1.29, 1.82) is 0 Å². The van der Waals surface area contributed by atoms with E-state index in [4.69, 9.17) is 11.6 Å². The molecule has 13 heteroatoms. The monoisotopic (exact) mass is 504 g/mol. The Kier molecular flexibility index (Phi) is 8.10. The molecule has 0 saturated heterocycles. The second kappa shape index (κ2) is 11.2. The quantitative estimate of drug-likeness (QED) is 0.323. The third-order valence-corrected chi connectivity index (χ3v) is 4.92. The number of amides is 3. The summed E-state index contributed by atoms with van der Waals surface area (Å²) < 4.78 is 26.6. The van der Waals surface area contributed by atoms with Gasteiger partial charge >= 0.3 is 0 Å². The molecule has 0 saturated carbocycles. The maximum Gasteiger partial charge on any atom is 0.269 e. The molecule has 3 amide bonds. The average Bonchev–Trinajstić information content (AvgIpc) is 3.28. The van der Waals surface area contributed by atoms with Gasteiger partial charge in [0.2, 0.25) is 0 Å². The van der Waals surface area contributed by atoms with Gasteiger partial charge in [-0.3, -0.25) is 19.5 Å². The summed E-state index contributed by atoms with van der Waals surface area (Å²) in [4.78, 5) is 46.9. The van der Waals surface area contributed by atoms with Gasteiger partial charge in [-0.1, -0.05) is 23.7 Å². The molecule has 2 aromatic carbocycles. The normalized spacial score (nSPS) is 10.5. The molecule has 0 aliphatic carbocycles. The highest BCUT2D eigenvalue weighted by molar-refractivity contribution is 6.34. The first-order valence-electron chi connectivity index (χ1n) is 10.0. The van der Waals surface area contributed by atoms with E-state index in [1.165, 1.54) is 18.2 Å². The summed E-state index contributed by atoms with van der Waals surface area (Å²) in [7, 11) is 0. The van der Waals surface area contributed by atoms with E-state index in [-0.39, 0.29) is 41.6 Å². The summed E-state index contributed by atoms with van der Waals surface area (Å²) in [5.41, 5.74) is 0.690. The molecule has 10 nitrogen and oxygen atoms in total. The zero-order chi connectivity index (χ0) is 25.5. The number of carboxylic acid groups (broad SMARTS) is 1. The van der Waals surface area contributed by atoms with Gasteiger partial charge in [0.1, 0.15) is 5.69 Å². The Labute approximate surface area is 201 Å². The molecule has 1 heterocycles. The first-order chi connectivity index (χ1) is 16.6. The Bertz CT molecular complexity index is 1280. The Morgan fingerprint density at radius 3 is 2.31 bits per heavy atom. The number of aliphatic carboxylic acids is 1. The molecule has 4 N–H and O–H groups in total. The van der Waals surface area contributed by atoms with Gasteiger partial charge in [0.25, 0.3) is 17.7 Å². The lowest BCUT2D eigenvalue weighted by molar-refractivity contribution is -0.305. The number of benzene rings is 2. The number of anilines is 1. The van der Waals surface area contributed by atoms with Gasteiger partial charge in [0, 0.05) is 37.1 Å². The fourth-order valence-electron chi connectivity index (χ4n) is 2.81. The molecular formula is C22H17ClF2N5O5-. The number of hydrogen-bond donors (Lipinski definition) is 4. The maximum atomic E-state index is 13.4. The van der Waals surface area contributed by atoms with Crippen LogP contribution in [0, 0.1) is 11.6 Å².